The first-order valence-electron chi connectivity index (χ1n) is 14.9. The van der Waals surface area contributed by atoms with E-state index in [0.29, 0.717) is 19.3 Å². The van der Waals surface area contributed by atoms with Crippen LogP contribution in [-0.2, 0) is 30.3 Å². The number of nitrogens with zero attached hydrogens (tertiary/aromatic N) is 1. The molecular formula is C35H38N2O5S. The Hall–Kier alpha value is -3.91. The van der Waals surface area contributed by atoms with Gasteiger partial charge in [-0.05, 0) is 47.4 Å². The number of thioether (sulfide) groups is 1. The number of carbonyl (C=O) groups excluding carboxylic acids is 4. The molecule has 1 fully saturated rings. The molecule has 3 aromatic carbocycles. The molecule has 0 aliphatic carbocycles. The second kappa shape index (κ2) is 13.6. The molecule has 0 saturated carbocycles. The van der Waals surface area contributed by atoms with Crippen molar-refractivity contribution in [1.29, 1.82) is 0 Å². The second-order valence-electron chi connectivity index (χ2n) is 11.6. The van der Waals surface area contributed by atoms with Crippen molar-refractivity contribution in [3.63, 3.8) is 0 Å². The maximum absolute atomic E-state index is 14.4. The monoisotopic (exact) mass is 598 g/mol. The normalized spacial score (nSPS) is 20.5. The third kappa shape index (κ3) is 6.85. The summed E-state index contributed by atoms with van der Waals surface area (Å²) >= 11 is 0.977. The highest BCUT2D eigenvalue weighted by Crippen LogP contribution is 2.40. The third-order valence-corrected chi connectivity index (χ3v) is 9.55. The van der Waals surface area contributed by atoms with Crippen LogP contribution in [0, 0.1) is 5.92 Å². The van der Waals surface area contributed by atoms with E-state index in [1.165, 1.54) is 6.92 Å². The maximum Gasteiger partial charge on any atom is 0.329 e. The first-order chi connectivity index (χ1) is 20.7. The summed E-state index contributed by atoms with van der Waals surface area (Å²) in [6, 6.07) is 25.1. The molecule has 2 aliphatic rings. The highest BCUT2D eigenvalue weighted by molar-refractivity contribution is 8.14. The fourth-order valence-corrected chi connectivity index (χ4v) is 7.00. The molecule has 1 saturated heterocycles. The average molecular weight is 599 g/mol. The van der Waals surface area contributed by atoms with Crippen LogP contribution in [0.15, 0.2) is 84.9 Å². The number of carbonyl (C=O) groups is 4. The average Bonchev–Trinajstić information content (AvgIpc) is 3.13. The van der Waals surface area contributed by atoms with Crippen LogP contribution < -0.4 is 5.32 Å². The van der Waals surface area contributed by atoms with Crippen molar-refractivity contribution < 1.29 is 23.9 Å². The van der Waals surface area contributed by atoms with Gasteiger partial charge in [0, 0.05) is 13.3 Å². The van der Waals surface area contributed by atoms with Crippen LogP contribution in [0.1, 0.15) is 74.4 Å². The first kappa shape index (κ1) is 30.5. The number of benzene rings is 3. The Labute approximate surface area is 257 Å². The van der Waals surface area contributed by atoms with Crippen LogP contribution in [-0.4, -0.2) is 45.1 Å². The van der Waals surface area contributed by atoms with E-state index in [1.807, 2.05) is 98.8 Å². The van der Waals surface area contributed by atoms with E-state index in [4.69, 9.17) is 4.74 Å². The fourth-order valence-electron chi connectivity index (χ4n) is 6.19. The molecule has 0 aromatic heterocycles. The predicted octanol–water partition coefficient (Wildman–Crippen LogP) is 5.79. The van der Waals surface area contributed by atoms with Gasteiger partial charge in [0.05, 0.1) is 11.3 Å². The molecule has 224 valence electrons. The Morgan fingerprint density at radius 3 is 2.09 bits per heavy atom. The minimum Gasteiger partial charge on any atom is -0.451 e. The number of rotatable bonds is 8. The zero-order valence-corrected chi connectivity index (χ0v) is 25.6. The fraction of sp³-hybridized carbons (Fsp3) is 0.371. The minimum absolute atomic E-state index is 0.111. The number of piperidine rings is 1. The first-order valence-corrected chi connectivity index (χ1v) is 15.8. The van der Waals surface area contributed by atoms with Gasteiger partial charge in [0.2, 0.25) is 11.8 Å². The van der Waals surface area contributed by atoms with Gasteiger partial charge in [-0.25, -0.2) is 4.79 Å². The molecule has 4 atom stereocenters. The van der Waals surface area contributed by atoms with Crippen LogP contribution in [0.25, 0.3) is 0 Å². The molecule has 3 aromatic rings. The number of esters is 1. The van der Waals surface area contributed by atoms with E-state index in [2.05, 4.69) is 5.32 Å². The summed E-state index contributed by atoms with van der Waals surface area (Å²) < 4.78 is 6.26. The van der Waals surface area contributed by atoms with Gasteiger partial charge in [0.15, 0.2) is 11.2 Å². The zero-order valence-electron chi connectivity index (χ0n) is 24.8. The summed E-state index contributed by atoms with van der Waals surface area (Å²) in [6.45, 7) is 5.20. The standard InChI is InChI=1S/C35H38N2O5S/c1-22(2)32(43-23(3)38)33(39)36-28-21-26-17-10-11-18-27(26)29-19-12-20-30(37(29)34(28)40)35(41)42-31(24-13-6-4-7-14-24)25-15-8-5-9-16-25/h4-11,13-18,22,28-32H,12,19-21H2,1-3H3,(H,36,39)/t28-,29+,30-,32-/m0/s1. The van der Waals surface area contributed by atoms with Gasteiger partial charge < -0.3 is 15.0 Å². The van der Waals surface area contributed by atoms with Crippen LogP contribution in [0.3, 0.4) is 0 Å². The van der Waals surface area contributed by atoms with Gasteiger partial charge >= 0.3 is 5.97 Å². The summed E-state index contributed by atoms with van der Waals surface area (Å²) in [4.78, 5) is 55.5. The molecule has 43 heavy (non-hydrogen) atoms. The lowest BCUT2D eigenvalue weighted by molar-refractivity contribution is -0.163. The highest BCUT2D eigenvalue weighted by atomic mass is 32.2. The van der Waals surface area contributed by atoms with Crippen molar-refractivity contribution in [3.05, 3.63) is 107 Å². The van der Waals surface area contributed by atoms with Crippen molar-refractivity contribution in [2.75, 3.05) is 0 Å². The van der Waals surface area contributed by atoms with Crippen molar-refractivity contribution in [3.8, 4) is 0 Å². The van der Waals surface area contributed by atoms with Crippen molar-refractivity contribution >= 4 is 34.7 Å². The molecule has 8 heteroatoms. The van der Waals surface area contributed by atoms with Crippen LogP contribution in [0.2, 0.25) is 0 Å². The quantitative estimate of drug-likeness (QED) is 0.330. The second-order valence-corrected chi connectivity index (χ2v) is 12.9. The largest absolute Gasteiger partial charge is 0.451 e. The lowest BCUT2D eigenvalue weighted by Gasteiger charge is -2.42. The molecule has 0 spiro atoms. The third-order valence-electron chi connectivity index (χ3n) is 8.20. The van der Waals surface area contributed by atoms with E-state index in [9.17, 15) is 19.2 Å². The zero-order chi connectivity index (χ0) is 30.5. The SMILES string of the molecule is CC(=O)S[C@H](C(=O)N[C@H]1Cc2ccccc2[C@H]2CCC[C@@H](C(=O)OC(c3ccccc3)c3ccccc3)N2C1=O)C(C)C. The van der Waals surface area contributed by atoms with Gasteiger partial charge in [0.1, 0.15) is 12.1 Å². The number of fused-ring (bicyclic) bond motifs is 3. The lowest BCUT2D eigenvalue weighted by Crippen LogP contribution is -2.57. The minimum atomic E-state index is -0.875. The molecule has 5 rings (SSSR count). The Kier molecular flexibility index (Phi) is 9.65. The molecule has 0 radical (unpaired) electrons. The molecular weight excluding hydrogens is 560 g/mol. The van der Waals surface area contributed by atoms with Gasteiger partial charge in [-0.1, -0.05) is 111 Å². The summed E-state index contributed by atoms with van der Waals surface area (Å²) in [5.74, 6) is -1.23. The van der Waals surface area contributed by atoms with Crippen LogP contribution >= 0.6 is 11.8 Å². The molecule has 2 heterocycles. The van der Waals surface area contributed by atoms with Gasteiger partial charge in [-0.15, -0.1) is 0 Å². The lowest BCUT2D eigenvalue weighted by atomic mass is 9.89. The Balaban J connectivity index is 1.47. The number of ether oxygens (including phenoxy) is 1. The number of hydrogen-bond acceptors (Lipinski definition) is 6. The summed E-state index contributed by atoms with van der Waals surface area (Å²) in [5, 5.41) is 2.18. The van der Waals surface area contributed by atoms with Gasteiger partial charge in [0.25, 0.3) is 0 Å². The Bertz CT molecular complexity index is 1420. The number of nitrogens with one attached hydrogen (secondary N) is 1. The molecule has 2 amide bonds. The number of amides is 2. The molecule has 7 nitrogen and oxygen atoms in total. The Morgan fingerprint density at radius 2 is 1.49 bits per heavy atom. The highest BCUT2D eigenvalue weighted by Gasteiger charge is 2.46. The van der Waals surface area contributed by atoms with E-state index in [1.54, 1.807) is 4.90 Å². The molecule has 1 N–H and O–H groups in total. The van der Waals surface area contributed by atoms with Crippen LogP contribution in [0.5, 0.6) is 0 Å². The maximum atomic E-state index is 14.4. The van der Waals surface area contributed by atoms with Crippen molar-refractivity contribution in [1.82, 2.24) is 10.2 Å². The van der Waals surface area contributed by atoms with E-state index in [-0.39, 0.29) is 28.9 Å². The summed E-state index contributed by atoms with van der Waals surface area (Å²) in [7, 11) is 0. The Morgan fingerprint density at radius 1 is 0.884 bits per heavy atom. The number of hydrogen-bond donors (Lipinski definition) is 1. The van der Waals surface area contributed by atoms with E-state index in [0.717, 1.165) is 40.4 Å². The summed E-state index contributed by atoms with van der Waals surface area (Å²) in [5.41, 5.74) is 3.64. The van der Waals surface area contributed by atoms with Crippen LogP contribution in [0.4, 0.5) is 0 Å². The van der Waals surface area contributed by atoms with Gasteiger partial charge in [-0.2, -0.15) is 0 Å². The van der Waals surface area contributed by atoms with Crippen molar-refractivity contribution in [2.45, 2.75) is 75.9 Å². The van der Waals surface area contributed by atoms with E-state index < -0.39 is 29.4 Å². The summed E-state index contributed by atoms with van der Waals surface area (Å²) in [6.07, 6.45) is 1.61. The van der Waals surface area contributed by atoms with Crippen molar-refractivity contribution in [2.24, 2.45) is 5.92 Å². The molecule has 0 unspecified atom stereocenters. The topological polar surface area (TPSA) is 92.8 Å². The molecule has 2 aliphatic heterocycles. The predicted molar refractivity (Wildman–Crippen MR) is 167 cm³/mol. The van der Waals surface area contributed by atoms with E-state index >= 15 is 0 Å². The molecule has 0 bridgehead atoms. The van der Waals surface area contributed by atoms with Gasteiger partial charge in [-0.3, -0.25) is 14.4 Å². The smallest absolute Gasteiger partial charge is 0.329 e.